The minimum absolute atomic E-state index is 0.244. The first-order valence-corrected chi connectivity index (χ1v) is 7.85. The lowest BCUT2D eigenvalue weighted by Crippen LogP contribution is -2.38. The molecule has 1 saturated carbocycles. The Balaban J connectivity index is 1.41. The van der Waals surface area contributed by atoms with Crippen LogP contribution in [0.5, 0.6) is 0 Å². The van der Waals surface area contributed by atoms with Crippen molar-refractivity contribution in [3.8, 4) is 11.5 Å². The highest BCUT2D eigenvalue weighted by Gasteiger charge is 2.35. The van der Waals surface area contributed by atoms with Crippen LogP contribution in [0.25, 0.3) is 11.5 Å². The van der Waals surface area contributed by atoms with Crippen LogP contribution in [0.2, 0.25) is 0 Å². The number of pyridine rings is 1. The summed E-state index contributed by atoms with van der Waals surface area (Å²) in [6.45, 7) is 1.59. The molecule has 1 saturated heterocycles. The van der Waals surface area contributed by atoms with Gasteiger partial charge in [-0.25, -0.2) is 0 Å². The van der Waals surface area contributed by atoms with Crippen molar-refractivity contribution in [3.05, 3.63) is 30.3 Å². The van der Waals surface area contributed by atoms with Gasteiger partial charge < -0.3 is 9.42 Å². The van der Waals surface area contributed by atoms with Crippen LogP contribution in [0.1, 0.15) is 37.5 Å². The fourth-order valence-corrected chi connectivity index (χ4v) is 2.94. The molecule has 114 valence electrons. The molecule has 0 N–H and O–H groups in total. The molecule has 1 amide bonds. The quantitative estimate of drug-likeness (QED) is 0.869. The summed E-state index contributed by atoms with van der Waals surface area (Å²) in [5.41, 5.74) is 0.721. The van der Waals surface area contributed by atoms with Crippen LogP contribution in [-0.4, -0.2) is 39.0 Å². The Morgan fingerprint density at radius 2 is 2.00 bits per heavy atom. The third-order valence-corrected chi connectivity index (χ3v) is 4.42. The lowest BCUT2D eigenvalue weighted by atomic mass is 9.96. The van der Waals surface area contributed by atoms with Crippen molar-refractivity contribution >= 4 is 5.91 Å². The van der Waals surface area contributed by atoms with Crippen LogP contribution in [0.4, 0.5) is 0 Å². The fourth-order valence-electron chi connectivity index (χ4n) is 2.94. The Bertz CT molecular complexity index is 658. The maximum Gasteiger partial charge on any atom is 0.230 e. The minimum atomic E-state index is 0.244. The van der Waals surface area contributed by atoms with Crippen molar-refractivity contribution in [1.82, 2.24) is 20.0 Å². The van der Waals surface area contributed by atoms with Crippen LogP contribution in [0.3, 0.4) is 0 Å². The fraction of sp³-hybridized carbons (Fsp3) is 0.500. The molecule has 22 heavy (non-hydrogen) atoms. The van der Waals surface area contributed by atoms with E-state index in [2.05, 4.69) is 15.1 Å². The van der Waals surface area contributed by atoms with Crippen molar-refractivity contribution in [2.45, 2.75) is 31.6 Å². The van der Waals surface area contributed by atoms with Crippen LogP contribution >= 0.6 is 0 Å². The van der Waals surface area contributed by atoms with Gasteiger partial charge >= 0.3 is 0 Å². The van der Waals surface area contributed by atoms with E-state index in [1.54, 1.807) is 6.20 Å². The standard InChI is InChI=1S/C16H18N4O2/c21-16(12-4-5-12)20-9-6-11(7-10-20)15-18-14(19-22-15)13-3-1-2-8-17-13/h1-3,8,11-12H,4-7,9-10H2. The van der Waals surface area contributed by atoms with Gasteiger partial charge in [-0.05, 0) is 37.8 Å². The maximum atomic E-state index is 12.1. The summed E-state index contributed by atoms with van der Waals surface area (Å²) >= 11 is 0. The molecule has 0 bridgehead atoms. The SMILES string of the molecule is O=C(C1CC1)N1CCC(c2nc(-c3ccccn3)no2)CC1. The Kier molecular flexibility index (Phi) is 3.36. The predicted octanol–water partition coefficient (Wildman–Crippen LogP) is 2.25. The number of rotatable bonds is 3. The monoisotopic (exact) mass is 298 g/mol. The lowest BCUT2D eigenvalue weighted by Gasteiger charge is -2.30. The zero-order chi connectivity index (χ0) is 14.9. The molecule has 4 rings (SSSR count). The first-order valence-electron chi connectivity index (χ1n) is 7.85. The van der Waals surface area contributed by atoms with Crippen molar-refractivity contribution in [3.63, 3.8) is 0 Å². The summed E-state index contributed by atoms with van der Waals surface area (Å²) in [5, 5.41) is 4.02. The number of carbonyl (C=O) groups is 1. The van der Waals surface area contributed by atoms with Gasteiger partial charge in [-0.15, -0.1) is 0 Å². The molecule has 3 heterocycles. The number of nitrogens with zero attached hydrogens (tertiary/aromatic N) is 4. The highest BCUT2D eigenvalue weighted by molar-refractivity contribution is 5.81. The summed E-state index contributed by atoms with van der Waals surface area (Å²) in [6.07, 6.45) is 5.63. The molecule has 0 aromatic carbocycles. The van der Waals surface area contributed by atoms with E-state index in [-0.39, 0.29) is 5.92 Å². The van der Waals surface area contributed by atoms with Gasteiger partial charge in [0.2, 0.25) is 17.6 Å². The molecule has 6 heteroatoms. The van der Waals surface area contributed by atoms with Gasteiger partial charge in [0.15, 0.2) is 0 Å². The zero-order valence-electron chi connectivity index (χ0n) is 12.3. The number of piperidine rings is 1. The number of likely N-dealkylation sites (tertiary alicyclic amines) is 1. The normalized spacial score (nSPS) is 19.4. The van der Waals surface area contributed by atoms with Crippen molar-refractivity contribution in [2.24, 2.45) is 5.92 Å². The van der Waals surface area contributed by atoms with Gasteiger partial charge in [0.05, 0.1) is 0 Å². The number of hydrogen-bond donors (Lipinski definition) is 0. The summed E-state index contributed by atoms with van der Waals surface area (Å²) < 4.78 is 5.41. The van der Waals surface area contributed by atoms with E-state index >= 15 is 0 Å². The molecule has 1 aliphatic heterocycles. The van der Waals surface area contributed by atoms with Gasteiger partial charge in [-0.3, -0.25) is 9.78 Å². The molecule has 2 aromatic heterocycles. The van der Waals surface area contributed by atoms with E-state index in [0.29, 0.717) is 23.5 Å². The second-order valence-electron chi connectivity index (χ2n) is 6.05. The van der Waals surface area contributed by atoms with Crippen molar-refractivity contribution < 1.29 is 9.32 Å². The van der Waals surface area contributed by atoms with E-state index in [1.807, 2.05) is 23.1 Å². The number of amides is 1. The minimum Gasteiger partial charge on any atom is -0.342 e. The Hall–Kier alpha value is -2.24. The van der Waals surface area contributed by atoms with Gasteiger partial charge in [-0.1, -0.05) is 11.2 Å². The maximum absolute atomic E-state index is 12.1. The first-order chi connectivity index (χ1) is 10.8. The Morgan fingerprint density at radius 1 is 1.18 bits per heavy atom. The highest BCUT2D eigenvalue weighted by atomic mass is 16.5. The first kappa shape index (κ1) is 13.4. The third kappa shape index (κ3) is 2.61. The van der Waals surface area contributed by atoms with E-state index in [1.165, 1.54) is 0 Å². The molecule has 6 nitrogen and oxygen atoms in total. The van der Waals surface area contributed by atoms with E-state index < -0.39 is 0 Å². The predicted molar refractivity (Wildman–Crippen MR) is 78.8 cm³/mol. The van der Waals surface area contributed by atoms with Crippen LogP contribution < -0.4 is 0 Å². The second-order valence-corrected chi connectivity index (χ2v) is 6.05. The third-order valence-electron chi connectivity index (χ3n) is 4.42. The summed E-state index contributed by atoms with van der Waals surface area (Å²) in [4.78, 5) is 22.8. The average Bonchev–Trinajstić information content (AvgIpc) is 3.32. The van der Waals surface area contributed by atoms with E-state index in [4.69, 9.17) is 4.52 Å². The summed E-state index contributed by atoms with van der Waals surface area (Å²) in [5.74, 6) is 2.08. The molecule has 2 aliphatic rings. The van der Waals surface area contributed by atoms with E-state index in [0.717, 1.165) is 44.5 Å². The molecule has 0 unspecified atom stereocenters. The van der Waals surface area contributed by atoms with Crippen LogP contribution in [0.15, 0.2) is 28.9 Å². The molecule has 2 aromatic rings. The largest absolute Gasteiger partial charge is 0.342 e. The topological polar surface area (TPSA) is 72.1 Å². The van der Waals surface area contributed by atoms with Crippen LogP contribution in [-0.2, 0) is 4.79 Å². The van der Waals surface area contributed by atoms with Crippen molar-refractivity contribution in [1.29, 1.82) is 0 Å². The molecule has 0 atom stereocenters. The second kappa shape index (κ2) is 5.51. The van der Waals surface area contributed by atoms with Crippen LogP contribution in [0, 0.1) is 5.92 Å². The average molecular weight is 298 g/mol. The Morgan fingerprint density at radius 3 is 2.68 bits per heavy atom. The zero-order valence-corrected chi connectivity index (χ0v) is 12.3. The van der Waals surface area contributed by atoms with Crippen molar-refractivity contribution in [2.75, 3.05) is 13.1 Å². The van der Waals surface area contributed by atoms with E-state index in [9.17, 15) is 4.79 Å². The lowest BCUT2D eigenvalue weighted by molar-refractivity contribution is -0.133. The Labute approximate surface area is 128 Å². The van der Waals surface area contributed by atoms with Gasteiger partial charge in [0.25, 0.3) is 0 Å². The summed E-state index contributed by atoms with van der Waals surface area (Å²) in [7, 11) is 0. The molecule has 2 fully saturated rings. The number of hydrogen-bond acceptors (Lipinski definition) is 5. The summed E-state index contributed by atoms with van der Waals surface area (Å²) in [6, 6.07) is 5.63. The molecular formula is C16H18N4O2. The highest BCUT2D eigenvalue weighted by Crippen LogP contribution is 2.34. The van der Waals surface area contributed by atoms with Gasteiger partial charge in [-0.2, -0.15) is 4.98 Å². The molecular weight excluding hydrogens is 280 g/mol. The van der Waals surface area contributed by atoms with Gasteiger partial charge in [0, 0.05) is 31.1 Å². The molecule has 0 radical (unpaired) electrons. The smallest absolute Gasteiger partial charge is 0.230 e. The number of carbonyl (C=O) groups excluding carboxylic acids is 1. The number of aromatic nitrogens is 3. The van der Waals surface area contributed by atoms with Gasteiger partial charge in [0.1, 0.15) is 5.69 Å². The molecule has 1 aliphatic carbocycles. The molecule has 0 spiro atoms.